The van der Waals surface area contributed by atoms with Crippen molar-refractivity contribution >= 4 is 28.3 Å². The number of carbonyl (C=O) groups is 2. The van der Waals surface area contributed by atoms with Crippen molar-refractivity contribution in [2.45, 2.75) is 56.9 Å². The number of aromatic nitrogens is 1. The predicted molar refractivity (Wildman–Crippen MR) is 109 cm³/mol. The van der Waals surface area contributed by atoms with Gasteiger partial charge in [-0.2, -0.15) is 0 Å². The Morgan fingerprint density at radius 3 is 2.76 bits per heavy atom. The first kappa shape index (κ1) is 18.4. The lowest BCUT2D eigenvalue weighted by Crippen LogP contribution is -2.38. The van der Waals surface area contributed by atoms with Gasteiger partial charge in [-0.05, 0) is 43.9 Å². The van der Waals surface area contributed by atoms with Crippen molar-refractivity contribution in [1.82, 2.24) is 10.3 Å². The Morgan fingerprint density at radius 1 is 1.07 bits per heavy atom. The molecule has 2 aliphatic carbocycles. The molecule has 0 radical (unpaired) electrons. The number of rotatable bonds is 4. The van der Waals surface area contributed by atoms with Gasteiger partial charge in [-0.1, -0.05) is 19.3 Å². The number of hydrogen-bond donors (Lipinski definition) is 2. The number of ether oxygens (including phenoxy) is 2. The zero-order valence-electron chi connectivity index (χ0n) is 16.0. The van der Waals surface area contributed by atoms with Crippen molar-refractivity contribution in [2.75, 3.05) is 12.1 Å². The Morgan fingerprint density at radius 2 is 1.90 bits per heavy atom. The van der Waals surface area contributed by atoms with Gasteiger partial charge in [0.05, 0.1) is 11.6 Å². The normalized spacial score (nSPS) is 20.3. The van der Waals surface area contributed by atoms with E-state index in [0.717, 1.165) is 36.3 Å². The number of aryl methyl sites for hydroxylation is 1. The first-order chi connectivity index (χ1) is 14.2. The number of nitrogens with zero attached hydrogens (tertiary/aromatic N) is 1. The van der Waals surface area contributed by atoms with Crippen LogP contribution in [0, 0.1) is 0 Å². The summed E-state index contributed by atoms with van der Waals surface area (Å²) in [5, 5.41) is 6.61. The third-order valence-corrected chi connectivity index (χ3v) is 6.89. The van der Waals surface area contributed by atoms with Gasteiger partial charge in [0.2, 0.25) is 12.7 Å². The minimum absolute atomic E-state index is 0.0783. The van der Waals surface area contributed by atoms with Crippen LogP contribution in [0.5, 0.6) is 11.5 Å². The maximum absolute atomic E-state index is 12.8. The molecule has 1 saturated carbocycles. The van der Waals surface area contributed by atoms with E-state index in [1.165, 1.54) is 30.6 Å². The van der Waals surface area contributed by atoms with E-state index in [1.54, 1.807) is 18.2 Å². The zero-order chi connectivity index (χ0) is 19.8. The topological polar surface area (TPSA) is 89.6 Å². The van der Waals surface area contributed by atoms with Crippen LogP contribution in [0.3, 0.4) is 0 Å². The molecule has 2 heterocycles. The lowest BCUT2D eigenvalue weighted by atomic mass is 9.94. The molecule has 0 spiro atoms. The molecule has 2 aromatic rings. The molecule has 0 bridgehead atoms. The number of benzene rings is 1. The van der Waals surface area contributed by atoms with Crippen LogP contribution in [0.15, 0.2) is 18.2 Å². The number of hydrogen-bond acceptors (Lipinski definition) is 6. The van der Waals surface area contributed by atoms with Crippen LogP contribution in [0.4, 0.5) is 5.13 Å². The molecule has 1 aromatic carbocycles. The summed E-state index contributed by atoms with van der Waals surface area (Å²) in [5.41, 5.74) is 1.31. The van der Waals surface area contributed by atoms with Gasteiger partial charge in [0.15, 0.2) is 16.6 Å². The number of carbonyl (C=O) groups excluding carboxylic acids is 2. The van der Waals surface area contributed by atoms with Gasteiger partial charge in [-0.25, -0.2) is 4.98 Å². The lowest BCUT2D eigenvalue weighted by Gasteiger charge is -2.24. The van der Waals surface area contributed by atoms with Gasteiger partial charge < -0.3 is 14.8 Å². The van der Waals surface area contributed by atoms with Crippen LogP contribution < -0.4 is 20.1 Å². The highest BCUT2D eigenvalue weighted by Crippen LogP contribution is 2.39. The van der Waals surface area contributed by atoms with Crippen molar-refractivity contribution in [2.24, 2.45) is 0 Å². The standard InChI is InChI=1S/C21H23N3O4S/c25-19(12-6-8-15-16(10-12)28-11-27-15)24-21-23-18-14(7-9-17(18)29-21)20(26)22-13-4-2-1-3-5-13/h6,8,10,13-14H,1-5,7,9,11H2,(H,22,26)(H,23,24,25)/t14-/m0/s1. The first-order valence-corrected chi connectivity index (χ1v) is 11.0. The second kappa shape index (κ2) is 7.67. The van der Waals surface area contributed by atoms with Gasteiger partial charge in [-0.15, -0.1) is 11.3 Å². The van der Waals surface area contributed by atoms with E-state index in [2.05, 4.69) is 15.6 Å². The van der Waals surface area contributed by atoms with Crippen LogP contribution in [0.2, 0.25) is 0 Å². The van der Waals surface area contributed by atoms with Crippen LogP contribution in [-0.4, -0.2) is 29.6 Å². The Bertz CT molecular complexity index is 951. The fraction of sp³-hybridized carbons (Fsp3) is 0.476. The monoisotopic (exact) mass is 413 g/mol. The Labute approximate surface area is 172 Å². The van der Waals surface area contributed by atoms with Crippen LogP contribution in [0.25, 0.3) is 0 Å². The lowest BCUT2D eigenvalue weighted by molar-refractivity contribution is -0.123. The highest BCUT2D eigenvalue weighted by Gasteiger charge is 2.34. The summed E-state index contributed by atoms with van der Waals surface area (Å²) in [4.78, 5) is 31.1. The zero-order valence-corrected chi connectivity index (χ0v) is 16.8. The molecule has 2 amide bonds. The van der Waals surface area contributed by atoms with Crippen molar-refractivity contribution in [1.29, 1.82) is 0 Å². The van der Waals surface area contributed by atoms with E-state index in [1.807, 2.05) is 0 Å². The van der Waals surface area contributed by atoms with Gasteiger partial charge in [-0.3, -0.25) is 14.9 Å². The van der Waals surface area contributed by atoms with Crippen molar-refractivity contribution in [3.63, 3.8) is 0 Å². The fourth-order valence-corrected chi connectivity index (χ4v) is 5.33. The molecule has 3 aliphatic rings. The molecule has 152 valence electrons. The molecule has 0 unspecified atom stereocenters. The SMILES string of the molecule is O=C(Nc1nc2c(s1)CC[C@@H]2C(=O)NC1CCCCC1)c1ccc2c(c1)OCO2. The van der Waals surface area contributed by atoms with E-state index >= 15 is 0 Å². The van der Waals surface area contributed by atoms with Gasteiger partial charge >= 0.3 is 0 Å². The minimum Gasteiger partial charge on any atom is -0.454 e. The molecule has 0 saturated heterocycles. The third-order valence-electron chi connectivity index (χ3n) is 5.84. The second-order valence-electron chi connectivity index (χ2n) is 7.78. The smallest absolute Gasteiger partial charge is 0.257 e. The molecule has 8 heteroatoms. The van der Waals surface area contributed by atoms with E-state index in [9.17, 15) is 9.59 Å². The average molecular weight is 413 g/mol. The van der Waals surface area contributed by atoms with Crippen molar-refractivity contribution in [3.8, 4) is 11.5 Å². The van der Waals surface area contributed by atoms with E-state index < -0.39 is 0 Å². The summed E-state index contributed by atoms with van der Waals surface area (Å²) in [5.74, 6) is 0.827. The molecule has 1 aromatic heterocycles. The number of nitrogens with one attached hydrogen (secondary N) is 2. The highest BCUT2D eigenvalue weighted by atomic mass is 32.1. The fourth-order valence-electron chi connectivity index (χ4n) is 4.29. The molecule has 1 atom stereocenters. The van der Waals surface area contributed by atoms with E-state index in [0.29, 0.717) is 28.2 Å². The average Bonchev–Trinajstić information content (AvgIpc) is 3.43. The first-order valence-electron chi connectivity index (χ1n) is 10.2. The quantitative estimate of drug-likeness (QED) is 0.799. The molecular weight excluding hydrogens is 390 g/mol. The third kappa shape index (κ3) is 3.69. The highest BCUT2D eigenvalue weighted by molar-refractivity contribution is 7.16. The van der Waals surface area contributed by atoms with E-state index in [-0.39, 0.29) is 24.5 Å². The maximum atomic E-state index is 12.8. The Balaban J connectivity index is 1.26. The van der Waals surface area contributed by atoms with Crippen molar-refractivity contribution in [3.05, 3.63) is 34.3 Å². The summed E-state index contributed by atoms with van der Waals surface area (Å²) >= 11 is 1.46. The summed E-state index contributed by atoms with van der Waals surface area (Å²) < 4.78 is 10.6. The van der Waals surface area contributed by atoms with E-state index in [4.69, 9.17) is 9.47 Å². The van der Waals surface area contributed by atoms with Crippen LogP contribution in [-0.2, 0) is 11.2 Å². The Kier molecular flexibility index (Phi) is 4.87. The second-order valence-corrected chi connectivity index (χ2v) is 8.87. The molecule has 29 heavy (non-hydrogen) atoms. The van der Waals surface area contributed by atoms with Crippen LogP contribution >= 0.6 is 11.3 Å². The van der Waals surface area contributed by atoms with Crippen LogP contribution in [0.1, 0.15) is 65.4 Å². The number of amides is 2. The Hall–Kier alpha value is -2.61. The summed E-state index contributed by atoms with van der Waals surface area (Å²) in [7, 11) is 0. The minimum atomic E-state index is -0.251. The van der Waals surface area contributed by atoms with Crippen molar-refractivity contribution < 1.29 is 19.1 Å². The number of anilines is 1. The molecule has 2 N–H and O–H groups in total. The maximum Gasteiger partial charge on any atom is 0.257 e. The van der Waals surface area contributed by atoms with Gasteiger partial charge in [0, 0.05) is 16.5 Å². The molecule has 7 nitrogen and oxygen atoms in total. The summed E-state index contributed by atoms with van der Waals surface area (Å²) in [6.45, 7) is 0.171. The predicted octanol–water partition coefficient (Wildman–Crippen LogP) is 3.60. The molecular formula is C21H23N3O4S. The number of fused-ring (bicyclic) bond motifs is 2. The van der Waals surface area contributed by atoms with Gasteiger partial charge in [0.25, 0.3) is 5.91 Å². The molecule has 1 fully saturated rings. The van der Waals surface area contributed by atoms with Gasteiger partial charge in [0.1, 0.15) is 0 Å². The molecule has 5 rings (SSSR count). The molecule has 1 aliphatic heterocycles. The summed E-state index contributed by atoms with van der Waals surface area (Å²) in [6.07, 6.45) is 7.40. The number of thiazole rings is 1. The largest absolute Gasteiger partial charge is 0.454 e. The summed E-state index contributed by atoms with van der Waals surface area (Å²) in [6, 6.07) is 5.39.